The van der Waals surface area contributed by atoms with Gasteiger partial charge in [0.2, 0.25) is 0 Å². The van der Waals surface area contributed by atoms with Gasteiger partial charge in [-0.15, -0.1) is 0 Å². The van der Waals surface area contributed by atoms with E-state index in [-0.39, 0.29) is 39.5 Å². The first kappa shape index (κ1) is 21.4. The topological polar surface area (TPSA) is 50.9 Å². The number of nitrogens with zero attached hydrogens (tertiary/aromatic N) is 3. The molecule has 0 aliphatic heterocycles. The third kappa shape index (κ3) is 9.38. The molecular formula is C63H71N3O. The Hall–Kier alpha value is -6.26. The summed E-state index contributed by atoms with van der Waals surface area (Å²) in [6.45, 7) is -25.9. The Morgan fingerprint density at radius 2 is 1.24 bits per heavy atom. The van der Waals surface area contributed by atoms with Crippen molar-refractivity contribution < 1.29 is 50.3 Å². The van der Waals surface area contributed by atoms with Crippen LogP contribution >= 0.6 is 0 Å². The number of pyridine rings is 1. The van der Waals surface area contributed by atoms with E-state index in [0.717, 1.165) is 5.56 Å². The number of rotatable bonds is 8. The summed E-state index contributed by atoms with van der Waals surface area (Å²) < 4.78 is 290. The van der Waals surface area contributed by atoms with Crippen molar-refractivity contribution in [1.29, 1.82) is 0 Å². The van der Waals surface area contributed by atoms with E-state index in [2.05, 4.69) is 4.98 Å². The van der Waals surface area contributed by atoms with Crippen LogP contribution in [-0.2, 0) is 27.1 Å². The van der Waals surface area contributed by atoms with Crippen LogP contribution in [-0.4, -0.2) is 19.6 Å². The molecule has 2 heterocycles. The molecule has 67 heavy (non-hydrogen) atoms. The Kier molecular flexibility index (Phi) is 5.46. The van der Waals surface area contributed by atoms with E-state index in [1.165, 1.54) is 28.8 Å². The molecule has 0 atom stereocenters. The molecule has 8 aromatic rings. The quantitative estimate of drug-likeness (QED) is 0.165. The van der Waals surface area contributed by atoms with Crippen molar-refractivity contribution in [3.05, 3.63) is 167 Å². The number of benzene rings is 6. The Labute approximate surface area is 447 Å². The average Bonchev–Trinajstić information content (AvgIpc) is 1.04. The predicted molar refractivity (Wildman–Crippen MR) is 286 cm³/mol. The first-order chi connectivity index (χ1) is 45.1. The number of hydrogen-bond donors (Lipinski definition) is 1. The van der Waals surface area contributed by atoms with Gasteiger partial charge in [-0.3, -0.25) is 9.55 Å². The lowest BCUT2D eigenvalue weighted by atomic mass is 9.78. The predicted octanol–water partition coefficient (Wildman–Crippen LogP) is 17.3. The zero-order valence-corrected chi connectivity index (χ0v) is 37.8. The van der Waals surface area contributed by atoms with Gasteiger partial charge < -0.3 is 5.11 Å². The SMILES string of the molecule is [2H]c1cc(-c2c([2H])c([2H])nc(-c3cc(-c4cccc5c4nc(-c4cc(C(C([2H])([2H])[2H])(C([2H])([2H])[2H])C([2H])([2H])[2H])cc(C(C([2H])([2H])[2H])(C([2H])([2H])[2H])C([2H])([2H])[2H])c4O)n5-c4ccc(C(C)(C)CC)cc4-c4ccccc4)cc(C(C)(C)C)c3)c2[2H])c([2H])c([2H])c1C(C([2H])([2H])[2H])(C([2H])([2H])[2H])C([2H])([2H])[2H]. The highest BCUT2D eigenvalue weighted by Crippen LogP contribution is 2.46. The number of aromatic nitrogens is 3. The number of para-hydroxylation sites is 1. The van der Waals surface area contributed by atoms with Crippen molar-refractivity contribution in [1.82, 2.24) is 14.5 Å². The molecule has 0 aliphatic carbocycles. The van der Waals surface area contributed by atoms with Gasteiger partial charge in [-0.05, 0) is 126 Å². The second-order valence-electron chi connectivity index (χ2n) is 18.5. The molecule has 0 amide bonds. The molecule has 0 unspecified atom stereocenters. The lowest BCUT2D eigenvalue weighted by Crippen LogP contribution is -2.17. The minimum absolute atomic E-state index is 0.00782. The summed E-state index contributed by atoms with van der Waals surface area (Å²) in [6, 6.07) is 19.4. The van der Waals surface area contributed by atoms with Gasteiger partial charge in [0.05, 0.1) is 36.2 Å². The lowest BCUT2D eigenvalue weighted by Gasteiger charge is -2.28. The van der Waals surface area contributed by atoms with Gasteiger partial charge in [0.1, 0.15) is 11.6 Å². The molecule has 4 nitrogen and oxygen atoms in total. The number of hydrogen-bond acceptors (Lipinski definition) is 3. The van der Waals surface area contributed by atoms with Crippen molar-refractivity contribution in [2.45, 2.75) is 137 Å². The molecule has 6 aromatic carbocycles. The number of phenolic OH excluding ortho intramolecular Hbond substituents is 1. The van der Waals surface area contributed by atoms with Crippen molar-refractivity contribution in [3.8, 4) is 67.5 Å². The monoisotopic (exact) mass is 919 g/mol. The number of imidazole rings is 1. The first-order valence-corrected chi connectivity index (χ1v) is 21.5. The van der Waals surface area contributed by atoms with E-state index in [1.54, 1.807) is 75.4 Å². The maximum atomic E-state index is 13.2. The zero-order valence-electron chi connectivity index (χ0n) is 70.8. The molecule has 4 heteroatoms. The molecule has 0 aliphatic rings. The highest BCUT2D eigenvalue weighted by Gasteiger charge is 2.30. The van der Waals surface area contributed by atoms with Gasteiger partial charge in [-0.1, -0.05) is 188 Å². The van der Waals surface area contributed by atoms with Crippen LogP contribution in [0.25, 0.3) is 72.7 Å². The zero-order chi connectivity index (χ0) is 76.2. The highest BCUT2D eigenvalue weighted by molar-refractivity contribution is 5.98. The summed E-state index contributed by atoms with van der Waals surface area (Å²) in [7, 11) is 0. The Morgan fingerprint density at radius 3 is 1.94 bits per heavy atom. The first-order valence-electron chi connectivity index (χ1n) is 38.0. The number of aromatic hydroxyl groups is 1. The molecule has 0 spiro atoms. The average molecular weight is 919 g/mol. The van der Waals surface area contributed by atoms with Gasteiger partial charge in [-0.2, -0.15) is 0 Å². The molecular weight excluding hydrogens is 815 g/mol. The fourth-order valence-corrected chi connectivity index (χ4v) is 7.89. The summed E-state index contributed by atoms with van der Waals surface area (Å²) >= 11 is 0. The normalized spacial score (nSPS) is 21.7. The summed E-state index contributed by atoms with van der Waals surface area (Å²) in [4.78, 5) is 9.45. The molecule has 0 fully saturated rings. The van der Waals surface area contributed by atoms with Gasteiger partial charge in [0.25, 0.3) is 0 Å². The van der Waals surface area contributed by atoms with Crippen molar-refractivity contribution in [3.63, 3.8) is 0 Å². The van der Waals surface area contributed by atoms with E-state index < -0.39 is 176 Å². The van der Waals surface area contributed by atoms with Crippen LogP contribution in [0.3, 0.4) is 0 Å². The molecule has 344 valence electrons. The third-order valence-corrected chi connectivity index (χ3v) is 12.2. The van der Waals surface area contributed by atoms with Gasteiger partial charge in [0.15, 0.2) is 0 Å². The largest absolute Gasteiger partial charge is 0.507 e. The maximum Gasteiger partial charge on any atom is 0.149 e. The van der Waals surface area contributed by atoms with Crippen LogP contribution in [0.15, 0.2) is 140 Å². The maximum absolute atomic E-state index is 13.2. The van der Waals surface area contributed by atoms with Gasteiger partial charge in [0, 0.05) is 65.4 Å². The standard InChI is InChI=1S/C63H71N3O/c1-16-63(14,15)46-29-30-54(50(37-46)41-21-18-17-19-22-41)66-55-24-20-23-49(56(55)65-58(66)51-38-48(61(8,9)10)39-52(57(51)67)62(11,12)13)43-33-44(35-47(34-43)60(5,6)7)53-36-42(31-32-64-53)40-25-27-45(28-26-40)59(2,3)4/h17-39,67H,16H2,1-15H3/i2D3,3D3,4D3,8D3,9D3,10D3,11D3,12D3,13D3,25D,27D,28D,31D,32D,36D. The number of fused-ring (bicyclic) bond motifs is 1. The molecule has 0 saturated heterocycles. The Balaban J connectivity index is 1.61. The summed E-state index contributed by atoms with van der Waals surface area (Å²) in [6.07, 6.45) is -0.261. The summed E-state index contributed by atoms with van der Waals surface area (Å²) in [5, 5.41) is 13.2. The van der Waals surface area contributed by atoms with Crippen molar-refractivity contribution in [2.24, 2.45) is 0 Å². The summed E-state index contributed by atoms with van der Waals surface area (Å²) in [5.41, 5.74) is -18.2. The number of phenols is 1. The van der Waals surface area contributed by atoms with Gasteiger partial charge >= 0.3 is 0 Å². The second-order valence-corrected chi connectivity index (χ2v) is 18.5. The van der Waals surface area contributed by atoms with Crippen LogP contribution in [0.1, 0.15) is 183 Å². The van der Waals surface area contributed by atoms with E-state index >= 15 is 0 Å². The van der Waals surface area contributed by atoms with Crippen LogP contribution in [0.5, 0.6) is 5.75 Å². The summed E-state index contributed by atoms with van der Waals surface area (Å²) in [5.74, 6) is -2.12. The smallest absolute Gasteiger partial charge is 0.149 e. The van der Waals surface area contributed by atoms with Crippen LogP contribution in [0, 0.1) is 0 Å². The van der Waals surface area contributed by atoms with E-state index in [9.17, 15) is 7.85 Å². The molecule has 2 aromatic heterocycles. The molecule has 8 rings (SSSR count). The van der Waals surface area contributed by atoms with Gasteiger partial charge in [-0.25, -0.2) is 4.98 Å². The fourth-order valence-electron chi connectivity index (χ4n) is 7.89. The fraction of sp³-hybridized carbons (Fsp3) is 0.333. The highest BCUT2D eigenvalue weighted by atomic mass is 16.3. The molecule has 0 bridgehead atoms. The van der Waals surface area contributed by atoms with Crippen molar-refractivity contribution in [2.75, 3.05) is 0 Å². The molecule has 0 radical (unpaired) electrons. The van der Waals surface area contributed by atoms with E-state index in [1.807, 2.05) is 26.8 Å². The Bertz CT molecular complexity index is 4380. The van der Waals surface area contributed by atoms with Crippen LogP contribution in [0.2, 0.25) is 0 Å². The van der Waals surface area contributed by atoms with Crippen LogP contribution < -0.4 is 0 Å². The minimum Gasteiger partial charge on any atom is -0.507 e. The van der Waals surface area contributed by atoms with E-state index in [0.29, 0.717) is 35.2 Å². The third-order valence-electron chi connectivity index (χ3n) is 12.2. The van der Waals surface area contributed by atoms with Crippen LogP contribution in [0.4, 0.5) is 0 Å². The lowest BCUT2D eigenvalue weighted by molar-refractivity contribution is 0.446. The minimum atomic E-state index is -4.29. The van der Waals surface area contributed by atoms with E-state index in [4.69, 9.17) is 47.5 Å². The molecule has 1 N–H and O–H groups in total. The Morgan fingerprint density at radius 1 is 0.552 bits per heavy atom. The second kappa shape index (κ2) is 17.1. The molecule has 0 saturated carbocycles. The van der Waals surface area contributed by atoms with Crippen molar-refractivity contribution >= 4 is 11.0 Å².